The summed E-state index contributed by atoms with van der Waals surface area (Å²) in [5.74, 6) is 0.585. The molecule has 0 fully saturated rings. The van der Waals surface area contributed by atoms with Crippen LogP contribution in [0.25, 0.3) is 0 Å². The van der Waals surface area contributed by atoms with Crippen molar-refractivity contribution < 1.29 is 9.84 Å². The number of rotatable bonds is 5. The lowest BCUT2D eigenvalue weighted by Crippen LogP contribution is -2.27. The highest BCUT2D eigenvalue weighted by Gasteiger charge is 2.33. The van der Waals surface area contributed by atoms with Crippen molar-refractivity contribution in [2.45, 2.75) is 32.4 Å². The fraction of sp³-hybridized carbons (Fsp3) is 0.429. The molecule has 0 radical (unpaired) electrons. The van der Waals surface area contributed by atoms with Crippen LogP contribution < -0.4 is 4.74 Å². The molecule has 2 rings (SSSR count). The lowest BCUT2D eigenvalue weighted by atomic mass is 9.93. The van der Waals surface area contributed by atoms with Gasteiger partial charge in [0.25, 0.3) is 0 Å². The zero-order valence-corrected chi connectivity index (χ0v) is 11.5. The first kappa shape index (κ1) is 13.5. The topological polar surface area (TPSA) is 60.2 Å². The van der Waals surface area contributed by atoms with Crippen LogP contribution in [0.4, 0.5) is 0 Å². The van der Waals surface area contributed by atoms with Crippen molar-refractivity contribution in [1.29, 1.82) is 0 Å². The summed E-state index contributed by atoms with van der Waals surface area (Å²) < 4.78 is 7.10. The van der Waals surface area contributed by atoms with E-state index in [4.69, 9.17) is 4.74 Å². The molecule has 0 saturated carbocycles. The maximum atomic E-state index is 10.9. The maximum Gasteiger partial charge on any atom is 0.163 e. The van der Waals surface area contributed by atoms with Crippen molar-refractivity contribution in [2.75, 3.05) is 7.11 Å². The van der Waals surface area contributed by atoms with Crippen LogP contribution in [-0.2, 0) is 12.1 Å². The molecule has 0 saturated heterocycles. The van der Waals surface area contributed by atoms with Gasteiger partial charge >= 0.3 is 0 Å². The predicted octanol–water partition coefficient (Wildman–Crippen LogP) is 1.95. The first-order valence-corrected chi connectivity index (χ1v) is 6.34. The second-order valence-electron chi connectivity index (χ2n) is 4.60. The molecule has 5 heteroatoms. The van der Waals surface area contributed by atoms with E-state index < -0.39 is 5.60 Å². The van der Waals surface area contributed by atoms with Crippen LogP contribution in [0.15, 0.2) is 30.7 Å². The van der Waals surface area contributed by atoms with Crippen molar-refractivity contribution >= 4 is 0 Å². The Kier molecular flexibility index (Phi) is 3.85. The molecule has 1 atom stereocenters. The van der Waals surface area contributed by atoms with Gasteiger partial charge in [-0.25, -0.2) is 0 Å². The molecule has 0 aliphatic heterocycles. The third-order valence-electron chi connectivity index (χ3n) is 3.15. The third-order valence-corrected chi connectivity index (χ3v) is 3.15. The predicted molar refractivity (Wildman–Crippen MR) is 72.0 cm³/mol. The van der Waals surface area contributed by atoms with E-state index in [9.17, 15) is 5.11 Å². The van der Waals surface area contributed by atoms with E-state index in [1.807, 2.05) is 6.07 Å². The largest absolute Gasteiger partial charge is 0.493 e. The summed E-state index contributed by atoms with van der Waals surface area (Å²) >= 11 is 0. The summed E-state index contributed by atoms with van der Waals surface area (Å²) in [6.45, 7) is 4.53. The molecule has 0 bridgehead atoms. The smallest absolute Gasteiger partial charge is 0.163 e. The van der Waals surface area contributed by atoms with Crippen LogP contribution in [0.5, 0.6) is 5.75 Å². The Labute approximate surface area is 112 Å². The Morgan fingerprint density at radius 2 is 2.21 bits per heavy atom. The molecule has 19 heavy (non-hydrogen) atoms. The molecule has 1 unspecified atom stereocenters. The van der Waals surface area contributed by atoms with Crippen LogP contribution >= 0.6 is 0 Å². The number of ether oxygens (including phenoxy) is 1. The number of methoxy groups -OCH3 is 1. The summed E-state index contributed by atoms with van der Waals surface area (Å²) in [4.78, 5) is 4.06. The van der Waals surface area contributed by atoms with Crippen molar-refractivity contribution in [2.24, 2.45) is 0 Å². The average molecular weight is 261 g/mol. The molecule has 2 aromatic rings. The molecule has 0 aliphatic rings. The minimum Gasteiger partial charge on any atom is -0.493 e. The first-order chi connectivity index (χ1) is 9.11. The molecule has 102 valence electrons. The Morgan fingerprint density at radius 1 is 1.42 bits per heavy atom. The fourth-order valence-electron chi connectivity index (χ4n) is 2.18. The third kappa shape index (κ3) is 2.46. The molecule has 1 N–H and O–H groups in total. The Hall–Kier alpha value is -1.88. The van der Waals surface area contributed by atoms with Crippen molar-refractivity contribution in [1.82, 2.24) is 14.8 Å². The number of hydrogen-bond acceptors (Lipinski definition) is 4. The number of pyridine rings is 1. The number of aromatic nitrogens is 3. The lowest BCUT2D eigenvalue weighted by molar-refractivity contribution is 0.0878. The van der Waals surface area contributed by atoms with E-state index in [-0.39, 0.29) is 0 Å². The molecule has 0 spiro atoms. The highest BCUT2D eigenvalue weighted by Crippen LogP contribution is 2.34. The van der Waals surface area contributed by atoms with E-state index in [0.29, 0.717) is 17.0 Å². The molecular formula is C14H19N3O2. The van der Waals surface area contributed by atoms with E-state index in [1.165, 1.54) is 0 Å². The van der Waals surface area contributed by atoms with Gasteiger partial charge in [-0.1, -0.05) is 13.0 Å². The summed E-state index contributed by atoms with van der Waals surface area (Å²) in [5, 5.41) is 15.2. The van der Waals surface area contributed by atoms with E-state index in [1.54, 1.807) is 43.4 Å². The molecule has 2 heterocycles. The Morgan fingerprint density at radius 3 is 2.79 bits per heavy atom. The van der Waals surface area contributed by atoms with Gasteiger partial charge in [0, 0.05) is 24.5 Å². The molecule has 0 amide bonds. The van der Waals surface area contributed by atoms with Crippen LogP contribution in [0.2, 0.25) is 0 Å². The molecule has 0 aromatic carbocycles. The van der Waals surface area contributed by atoms with Gasteiger partial charge in [0.15, 0.2) is 5.75 Å². The highest BCUT2D eigenvalue weighted by atomic mass is 16.5. The second kappa shape index (κ2) is 5.40. The van der Waals surface area contributed by atoms with Gasteiger partial charge in [-0.2, -0.15) is 5.10 Å². The van der Waals surface area contributed by atoms with Crippen molar-refractivity contribution in [3.05, 3.63) is 42.0 Å². The van der Waals surface area contributed by atoms with E-state index >= 15 is 0 Å². The summed E-state index contributed by atoms with van der Waals surface area (Å²) in [6.07, 6.45) is 5.90. The normalized spacial score (nSPS) is 14.1. The Bertz CT molecular complexity index is 535. The van der Waals surface area contributed by atoms with Gasteiger partial charge in [0.2, 0.25) is 0 Å². The lowest BCUT2D eigenvalue weighted by Gasteiger charge is -2.25. The number of aliphatic hydroxyl groups is 1. The second-order valence-corrected chi connectivity index (χ2v) is 4.60. The highest BCUT2D eigenvalue weighted by molar-refractivity contribution is 5.38. The molecule has 0 aliphatic carbocycles. The monoisotopic (exact) mass is 261 g/mol. The molecular weight excluding hydrogens is 242 g/mol. The average Bonchev–Trinajstić information content (AvgIpc) is 2.84. The van der Waals surface area contributed by atoms with Gasteiger partial charge in [-0.3, -0.25) is 9.67 Å². The standard InChI is InChI=1S/C14H19N3O2/c1-4-8-17-13(12(19-3)10-16-17)14(2,18)11-6-5-7-15-9-11/h5-7,9-10,18H,4,8H2,1-3H3. The quantitative estimate of drug-likeness (QED) is 0.893. The van der Waals surface area contributed by atoms with Crippen molar-refractivity contribution in [3.63, 3.8) is 0 Å². The van der Waals surface area contributed by atoms with Gasteiger partial charge in [-0.05, 0) is 19.4 Å². The summed E-state index contributed by atoms with van der Waals surface area (Å²) in [5.41, 5.74) is 0.182. The van der Waals surface area contributed by atoms with Crippen LogP contribution in [0, 0.1) is 0 Å². The van der Waals surface area contributed by atoms with Crippen molar-refractivity contribution in [3.8, 4) is 5.75 Å². The van der Waals surface area contributed by atoms with Crippen LogP contribution in [-0.4, -0.2) is 27.0 Å². The zero-order valence-electron chi connectivity index (χ0n) is 11.5. The number of hydrogen-bond donors (Lipinski definition) is 1. The summed E-state index contributed by atoms with van der Waals surface area (Å²) in [7, 11) is 1.58. The van der Waals surface area contributed by atoms with E-state index in [2.05, 4.69) is 17.0 Å². The fourth-order valence-corrected chi connectivity index (χ4v) is 2.18. The van der Waals surface area contributed by atoms with Gasteiger partial charge in [0.05, 0.1) is 13.3 Å². The Balaban J connectivity index is 2.52. The molecule has 2 aromatic heterocycles. The minimum absolute atomic E-state index is 0.585. The minimum atomic E-state index is -1.19. The molecule has 5 nitrogen and oxygen atoms in total. The summed E-state index contributed by atoms with van der Waals surface area (Å²) in [6, 6.07) is 3.65. The maximum absolute atomic E-state index is 10.9. The van der Waals surface area contributed by atoms with Gasteiger partial charge in [0.1, 0.15) is 11.3 Å². The van der Waals surface area contributed by atoms with Crippen LogP contribution in [0.3, 0.4) is 0 Å². The zero-order chi connectivity index (χ0) is 13.9. The number of nitrogens with zero attached hydrogens (tertiary/aromatic N) is 3. The van der Waals surface area contributed by atoms with Crippen LogP contribution in [0.1, 0.15) is 31.5 Å². The first-order valence-electron chi connectivity index (χ1n) is 6.34. The SMILES string of the molecule is CCCn1ncc(OC)c1C(C)(O)c1cccnc1. The van der Waals surface area contributed by atoms with Gasteiger partial charge in [-0.15, -0.1) is 0 Å². The van der Waals surface area contributed by atoms with Gasteiger partial charge < -0.3 is 9.84 Å². The number of aryl methyl sites for hydroxylation is 1. The van der Waals surface area contributed by atoms with E-state index in [0.717, 1.165) is 13.0 Å².